The summed E-state index contributed by atoms with van der Waals surface area (Å²) >= 11 is 3.45. The van der Waals surface area contributed by atoms with Gasteiger partial charge in [0.05, 0.1) is 15.9 Å². The van der Waals surface area contributed by atoms with Crippen molar-refractivity contribution in [3.8, 4) is 10.6 Å². The molecule has 0 amide bonds. The lowest BCUT2D eigenvalue weighted by molar-refractivity contribution is 0.915. The van der Waals surface area contributed by atoms with Crippen molar-refractivity contribution in [3.63, 3.8) is 0 Å². The first kappa shape index (κ1) is 10.5. The summed E-state index contributed by atoms with van der Waals surface area (Å²) in [6.07, 6.45) is 7.20. The summed E-state index contributed by atoms with van der Waals surface area (Å²) in [6.45, 7) is 0. The molecule has 0 aliphatic heterocycles. The minimum atomic E-state index is 0.923. The number of fused-ring (bicyclic) bond motifs is 2. The highest BCUT2D eigenvalue weighted by atomic mass is 32.1. The normalized spacial score (nSPS) is 14.2. The van der Waals surface area contributed by atoms with Crippen LogP contribution in [0.2, 0.25) is 0 Å². The maximum atomic E-state index is 6.18. The van der Waals surface area contributed by atoms with Gasteiger partial charge in [0.15, 0.2) is 0 Å². The summed E-state index contributed by atoms with van der Waals surface area (Å²) in [6, 6.07) is 2.01. The van der Waals surface area contributed by atoms with E-state index in [1.165, 1.54) is 33.5 Å². The number of nitrogens with two attached hydrogens (primary N) is 1. The van der Waals surface area contributed by atoms with Gasteiger partial charge < -0.3 is 5.73 Å². The molecule has 3 aromatic heterocycles. The lowest BCUT2D eigenvalue weighted by atomic mass is 10.1. The Hall–Kier alpha value is -1.46. The first-order valence-electron chi connectivity index (χ1n) is 5.94. The fraction of sp³-hybridized carbons (Fsp3) is 0.231. The Morgan fingerprint density at radius 2 is 2.17 bits per heavy atom. The summed E-state index contributed by atoms with van der Waals surface area (Å²) in [5.74, 6) is 0. The van der Waals surface area contributed by atoms with Crippen LogP contribution in [0.4, 0.5) is 5.00 Å². The second-order valence-electron chi connectivity index (χ2n) is 4.46. The number of pyridine rings is 1. The van der Waals surface area contributed by atoms with Crippen LogP contribution in [0, 0.1) is 0 Å². The van der Waals surface area contributed by atoms with Crippen molar-refractivity contribution in [1.29, 1.82) is 0 Å². The predicted octanol–water partition coefficient (Wildman–Crippen LogP) is 3.49. The third-order valence-corrected chi connectivity index (χ3v) is 5.53. The zero-order chi connectivity index (χ0) is 12.1. The fourth-order valence-electron chi connectivity index (χ4n) is 2.55. The van der Waals surface area contributed by atoms with Crippen LogP contribution in [0.1, 0.15) is 16.9 Å². The molecule has 0 fully saturated rings. The molecule has 0 radical (unpaired) electrons. The summed E-state index contributed by atoms with van der Waals surface area (Å²) in [5.41, 5.74) is 9.77. The molecule has 3 heterocycles. The van der Waals surface area contributed by atoms with Crippen LogP contribution < -0.4 is 5.73 Å². The van der Waals surface area contributed by atoms with E-state index >= 15 is 0 Å². The van der Waals surface area contributed by atoms with Crippen LogP contribution in [-0.2, 0) is 12.8 Å². The van der Waals surface area contributed by atoms with E-state index in [0.29, 0.717) is 0 Å². The Labute approximate surface area is 112 Å². The van der Waals surface area contributed by atoms with E-state index < -0.39 is 0 Å². The molecule has 90 valence electrons. The van der Waals surface area contributed by atoms with E-state index in [1.54, 1.807) is 22.7 Å². The highest BCUT2D eigenvalue weighted by Gasteiger charge is 2.23. The number of nitrogen functional groups attached to an aromatic ring is 1. The number of hydrogen-bond donors (Lipinski definition) is 1. The van der Waals surface area contributed by atoms with Crippen molar-refractivity contribution < 1.29 is 0 Å². The third-order valence-electron chi connectivity index (χ3n) is 3.35. The number of thiophene rings is 1. The second-order valence-corrected chi connectivity index (χ2v) is 6.63. The maximum absolute atomic E-state index is 6.18. The van der Waals surface area contributed by atoms with Crippen molar-refractivity contribution in [2.45, 2.75) is 19.3 Å². The zero-order valence-electron chi connectivity index (χ0n) is 9.64. The van der Waals surface area contributed by atoms with Crippen LogP contribution in [0.5, 0.6) is 0 Å². The van der Waals surface area contributed by atoms with Crippen LogP contribution >= 0.6 is 22.7 Å². The predicted molar refractivity (Wildman–Crippen MR) is 77.2 cm³/mol. The van der Waals surface area contributed by atoms with Gasteiger partial charge in [-0.05, 0) is 30.9 Å². The highest BCUT2D eigenvalue weighted by Crippen LogP contribution is 2.45. The molecule has 3 aromatic rings. The average molecular weight is 273 g/mol. The molecule has 2 N–H and O–H groups in total. The van der Waals surface area contributed by atoms with E-state index in [0.717, 1.165) is 21.9 Å². The van der Waals surface area contributed by atoms with E-state index in [2.05, 4.69) is 9.97 Å². The van der Waals surface area contributed by atoms with Gasteiger partial charge in [-0.3, -0.25) is 4.98 Å². The number of rotatable bonds is 1. The van der Waals surface area contributed by atoms with Gasteiger partial charge in [-0.15, -0.1) is 22.7 Å². The molecule has 0 saturated heterocycles. The molecule has 0 bridgehead atoms. The number of nitrogens with zero attached hydrogens (tertiary/aromatic N) is 2. The van der Waals surface area contributed by atoms with Gasteiger partial charge in [0, 0.05) is 16.6 Å². The van der Waals surface area contributed by atoms with E-state index in [-0.39, 0.29) is 0 Å². The fourth-order valence-corrected chi connectivity index (χ4v) is 4.79. The van der Waals surface area contributed by atoms with Crippen molar-refractivity contribution in [3.05, 3.63) is 28.9 Å². The molecule has 1 aliphatic carbocycles. The zero-order valence-corrected chi connectivity index (χ0v) is 11.3. The number of aryl methyl sites for hydroxylation is 1. The molecular formula is C13H11N3S2. The topological polar surface area (TPSA) is 51.8 Å². The highest BCUT2D eigenvalue weighted by molar-refractivity contribution is 7.22. The van der Waals surface area contributed by atoms with Crippen LogP contribution in [0.3, 0.4) is 0 Å². The van der Waals surface area contributed by atoms with Gasteiger partial charge in [-0.2, -0.15) is 0 Å². The SMILES string of the molecule is Nc1sc2c(c1-c1nc3cnccc3s1)CCC2. The van der Waals surface area contributed by atoms with Crippen LogP contribution in [0.25, 0.3) is 20.8 Å². The maximum Gasteiger partial charge on any atom is 0.127 e. The van der Waals surface area contributed by atoms with Crippen molar-refractivity contribution in [2.24, 2.45) is 0 Å². The van der Waals surface area contributed by atoms with Gasteiger partial charge >= 0.3 is 0 Å². The molecule has 0 spiro atoms. The third kappa shape index (κ3) is 1.41. The Kier molecular flexibility index (Phi) is 2.19. The van der Waals surface area contributed by atoms with Crippen molar-refractivity contribution in [1.82, 2.24) is 9.97 Å². The molecular weight excluding hydrogens is 262 g/mol. The van der Waals surface area contributed by atoms with Gasteiger partial charge in [0.2, 0.25) is 0 Å². The Morgan fingerprint density at radius 1 is 1.22 bits per heavy atom. The van der Waals surface area contributed by atoms with E-state index in [4.69, 9.17) is 5.73 Å². The van der Waals surface area contributed by atoms with Crippen molar-refractivity contribution >= 4 is 37.9 Å². The minimum absolute atomic E-state index is 0.923. The van der Waals surface area contributed by atoms with E-state index in [1.807, 2.05) is 18.5 Å². The molecule has 1 aliphatic rings. The number of thiazole rings is 1. The van der Waals surface area contributed by atoms with Gasteiger partial charge in [0.25, 0.3) is 0 Å². The first-order chi connectivity index (χ1) is 8.83. The smallest absolute Gasteiger partial charge is 0.127 e. The lowest BCUT2D eigenvalue weighted by Gasteiger charge is -1.98. The second kappa shape index (κ2) is 3.76. The number of aromatic nitrogens is 2. The summed E-state index contributed by atoms with van der Waals surface area (Å²) < 4.78 is 1.18. The number of anilines is 1. The van der Waals surface area contributed by atoms with E-state index in [9.17, 15) is 0 Å². The molecule has 0 saturated carbocycles. The first-order valence-corrected chi connectivity index (χ1v) is 7.57. The summed E-state index contributed by atoms with van der Waals surface area (Å²) in [4.78, 5) is 10.3. The Morgan fingerprint density at radius 3 is 3.06 bits per heavy atom. The Balaban J connectivity index is 1.97. The minimum Gasteiger partial charge on any atom is -0.390 e. The summed E-state index contributed by atoms with van der Waals surface area (Å²) in [7, 11) is 0. The molecule has 0 atom stereocenters. The standard InChI is InChI=1S/C13H11N3S2/c14-12-11(7-2-1-3-9(7)17-12)13-16-8-6-15-5-4-10(8)18-13/h4-6H,1-3,14H2. The Bertz CT molecular complexity index is 709. The molecule has 0 unspecified atom stereocenters. The molecule has 4 rings (SSSR count). The number of hydrogen-bond acceptors (Lipinski definition) is 5. The molecule has 5 heteroatoms. The molecule has 18 heavy (non-hydrogen) atoms. The monoisotopic (exact) mass is 273 g/mol. The van der Waals surface area contributed by atoms with Gasteiger partial charge in [-0.25, -0.2) is 4.98 Å². The van der Waals surface area contributed by atoms with Crippen LogP contribution in [-0.4, -0.2) is 9.97 Å². The quantitative estimate of drug-likeness (QED) is 0.738. The summed E-state index contributed by atoms with van der Waals surface area (Å²) in [5, 5.41) is 1.97. The van der Waals surface area contributed by atoms with Crippen molar-refractivity contribution in [2.75, 3.05) is 5.73 Å². The average Bonchev–Trinajstić information content (AvgIpc) is 3.00. The van der Waals surface area contributed by atoms with Crippen LogP contribution in [0.15, 0.2) is 18.5 Å². The molecule has 0 aromatic carbocycles. The van der Waals surface area contributed by atoms with Gasteiger partial charge in [0.1, 0.15) is 10.5 Å². The molecule has 3 nitrogen and oxygen atoms in total. The largest absolute Gasteiger partial charge is 0.390 e. The van der Waals surface area contributed by atoms with Gasteiger partial charge in [-0.1, -0.05) is 0 Å². The lowest BCUT2D eigenvalue weighted by Crippen LogP contribution is -1.87.